The van der Waals surface area contributed by atoms with Gasteiger partial charge in [0, 0.05) is 5.92 Å². The van der Waals surface area contributed by atoms with Gasteiger partial charge in [0.25, 0.3) is 0 Å². The molecule has 0 radical (unpaired) electrons. The lowest BCUT2D eigenvalue weighted by Crippen LogP contribution is -2.13. The normalized spacial score (nSPS) is 14.1. The highest BCUT2D eigenvalue weighted by molar-refractivity contribution is 5.50. The first-order chi connectivity index (χ1) is 10.1. The van der Waals surface area contributed by atoms with Gasteiger partial charge in [-0.3, -0.25) is 0 Å². The van der Waals surface area contributed by atoms with E-state index in [4.69, 9.17) is 10.6 Å². The Balaban J connectivity index is 1.98. The second-order valence-corrected chi connectivity index (χ2v) is 5.29. The highest BCUT2D eigenvalue weighted by Crippen LogP contribution is 2.40. The summed E-state index contributed by atoms with van der Waals surface area (Å²) in [4.78, 5) is 8.88. The maximum Gasteiger partial charge on any atom is 0.227 e. The zero-order valence-electron chi connectivity index (χ0n) is 12.0. The van der Waals surface area contributed by atoms with Crippen molar-refractivity contribution in [1.82, 2.24) is 9.97 Å². The van der Waals surface area contributed by atoms with Crippen LogP contribution < -0.4 is 16.0 Å². The second kappa shape index (κ2) is 5.29. The van der Waals surface area contributed by atoms with Gasteiger partial charge in [0.15, 0.2) is 5.82 Å². The number of ether oxygens (including phenoxy) is 1. The minimum atomic E-state index is -0.290. The van der Waals surface area contributed by atoms with E-state index >= 15 is 0 Å². The SMILES string of the molecule is Cc1cc(F)ccc1Oc1nc(C2CC2)nc(NN)c1C. The first-order valence-electron chi connectivity index (χ1n) is 6.87. The van der Waals surface area contributed by atoms with Gasteiger partial charge in [-0.1, -0.05) is 0 Å². The predicted octanol–water partition coefficient (Wildman–Crippen LogP) is 3.19. The maximum atomic E-state index is 13.2. The number of aromatic nitrogens is 2. The van der Waals surface area contributed by atoms with Gasteiger partial charge < -0.3 is 10.2 Å². The molecule has 1 aromatic carbocycles. The summed E-state index contributed by atoms with van der Waals surface area (Å²) in [5, 5.41) is 0. The quantitative estimate of drug-likeness (QED) is 0.667. The van der Waals surface area contributed by atoms with Crippen LogP contribution in [0.25, 0.3) is 0 Å². The zero-order chi connectivity index (χ0) is 15.0. The van der Waals surface area contributed by atoms with Crippen LogP contribution in [0.4, 0.5) is 10.2 Å². The van der Waals surface area contributed by atoms with Crippen LogP contribution in [0.5, 0.6) is 11.6 Å². The van der Waals surface area contributed by atoms with E-state index in [-0.39, 0.29) is 5.82 Å². The average molecular weight is 288 g/mol. The molecule has 0 unspecified atom stereocenters. The van der Waals surface area contributed by atoms with Crippen LogP contribution in [-0.2, 0) is 0 Å². The molecule has 0 saturated heterocycles. The zero-order valence-corrected chi connectivity index (χ0v) is 12.0. The summed E-state index contributed by atoms with van der Waals surface area (Å²) in [5.74, 6) is 7.92. The average Bonchev–Trinajstić information content (AvgIpc) is 3.28. The van der Waals surface area contributed by atoms with Gasteiger partial charge in [0.2, 0.25) is 5.88 Å². The Morgan fingerprint density at radius 3 is 2.67 bits per heavy atom. The number of nitrogen functional groups attached to an aromatic ring is 1. The number of nitrogens with two attached hydrogens (primary N) is 1. The standard InChI is InChI=1S/C15H17FN4O/c1-8-7-11(16)5-6-12(8)21-15-9(2)13(20-17)18-14(19-15)10-3-4-10/h5-7,10H,3-4,17H2,1-2H3,(H,18,19,20). The summed E-state index contributed by atoms with van der Waals surface area (Å²) in [7, 11) is 0. The molecular weight excluding hydrogens is 271 g/mol. The number of halogens is 1. The van der Waals surface area contributed by atoms with Crippen molar-refractivity contribution in [3.05, 3.63) is 41.0 Å². The molecule has 1 fully saturated rings. The molecule has 5 nitrogen and oxygen atoms in total. The molecule has 0 aliphatic heterocycles. The molecule has 6 heteroatoms. The molecule has 1 aromatic heterocycles. The van der Waals surface area contributed by atoms with Crippen LogP contribution in [0.3, 0.4) is 0 Å². The molecule has 21 heavy (non-hydrogen) atoms. The minimum absolute atomic E-state index is 0.290. The number of nitrogens with one attached hydrogen (secondary N) is 1. The lowest BCUT2D eigenvalue weighted by atomic mass is 10.2. The molecule has 110 valence electrons. The molecule has 1 heterocycles. The smallest absolute Gasteiger partial charge is 0.227 e. The van der Waals surface area contributed by atoms with Crippen LogP contribution in [0, 0.1) is 19.7 Å². The Morgan fingerprint density at radius 2 is 2.05 bits per heavy atom. The lowest BCUT2D eigenvalue weighted by Gasteiger charge is -2.13. The van der Waals surface area contributed by atoms with Crippen molar-refractivity contribution in [2.45, 2.75) is 32.6 Å². The molecule has 0 amide bonds. The number of aryl methyl sites for hydroxylation is 1. The third-order valence-corrected chi connectivity index (χ3v) is 3.54. The molecule has 2 aromatic rings. The van der Waals surface area contributed by atoms with Crippen LogP contribution in [0.1, 0.15) is 35.7 Å². The molecule has 0 atom stereocenters. The van der Waals surface area contributed by atoms with Crippen molar-refractivity contribution in [2.24, 2.45) is 5.84 Å². The van der Waals surface area contributed by atoms with Gasteiger partial charge in [0.1, 0.15) is 17.4 Å². The Hall–Kier alpha value is -2.21. The van der Waals surface area contributed by atoms with E-state index in [1.165, 1.54) is 12.1 Å². The number of anilines is 1. The number of hydrazine groups is 1. The third-order valence-electron chi connectivity index (χ3n) is 3.54. The molecule has 0 bridgehead atoms. The summed E-state index contributed by atoms with van der Waals surface area (Å²) in [6.45, 7) is 3.62. The summed E-state index contributed by atoms with van der Waals surface area (Å²) >= 11 is 0. The molecule has 3 rings (SSSR count). The van der Waals surface area contributed by atoms with Crippen molar-refractivity contribution >= 4 is 5.82 Å². The van der Waals surface area contributed by atoms with Crippen molar-refractivity contribution in [3.63, 3.8) is 0 Å². The summed E-state index contributed by atoms with van der Waals surface area (Å²) < 4.78 is 19.0. The highest BCUT2D eigenvalue weighted by Gasteiger charge is 2.28. The topological polar surface area (TPSA) is 73.1 Å². The molecule has 1 aliphatic carbocycles. The van der Waals surface area contributed by atoms with E-state index in [1.54, 1.807) is 13.0 Å². The van der Waals surface area contributed by atoms with Crippen molar-refractivity contribution in [2.75, 3.05) is 5.43 Å². The van der Waals surface area contributed by atoms with Gasteiger partial charge in [-0.05, 0) is 50.5 Å². The molecule has 3 N–H and O–H groups in total. The third kappa shape index (κ3) is 2.80. The Bertz CT molecular complexity index is 686. The van der Waals surface area contributed by atoms with E-state index < -0.39 is 0 Å². The Kier molecular flexibility index (Phi) is 3.47. The first-order valence-corrected chi connectivity index (χ1v) is 6.87. The van der Waals surface area contributed by atoms with E-state index in [9.17, 15) is 4.39 Å². The number of nitrogens with zero attached hydrogens (tertiary/aromatic N) is 2. The minimum Gasteiger partial charge on any atom is -0.438 e. The maximum absolute atomic E-state index is 13.2. The van der Waals surface area contributed by atoms with Gasteiger partial charge in [-0.25, -0.2) is 15.2 Å². The van der Waals surface area contributed by atoms with Crippen LogP contribution in [0.2, 0.25) is 0 Å². The van der Waals surface area contributed by atoms with Gasteiger partial charge in [0.05, 0.1) is 5.56 Å². The number of rotatable bonds is 4. The Morgan fingerprint density at radius 1 is 1.29 bits per heavy atom. The van der Waals surface area contributed by atoms with E-state index in [0.717, 1.165) is 24.2 Å². The van der Waals surface area contributed by atoms with E-state index in [2.05, 4.69) is 15.4 Å². The van der Waals surface area contributed by atoms with E-state index in [0.29, 0.717) is 28.9 Å². The molecule has 0 spiro atoms. The van der Waals surface area contributed by atoms with Crippen LogP contribution >= 0.6 is 0 Å². The van der Waals surface area contributed by atoms with Gasteiger partial charge in [-0.2, -0.15) is 4.98 Å². The fraction of sp³-hybridized carbons (Fsp3) is 0.333. The van der Waals surface area contributed by atoms with Crippen LogP contribution in [0.15, 0.2) is 18.2 Å². The van der Waals surface area contributed by atoms with Gasteiger partial charge >= 0.3 is 0 Å². The van der Waals surface area contributed by atoms with Crippen molar-refractivity contribution < 1.29 is 9.13 Å². The van der Waals surface area contributed by atoms with E-state index in [1.807, 2.05) is 6.92 Å². The Labute approximate surface area is 122 Å². The predicted molar refractivity (Wildman–Crippen MR) is 77.8 cm³/mol. The number of hydrogen-bond acceptors (Lipinski definition) is 5. The fourth-order valence-electron chi connectivity index (χ4n) is 2.11. The number of hydrogen-bond donors (Lipinski definition) is 2. The summed E-state index contributed by atoms with van der Waals surface area (Å²) in [6.07, 6.45) is 2.17. The summed E-state index contributed by atoms with van der Waals surface area (Å²) in [5.41, 5.74) is 4.02. The van der Waals surface area contributed by atoms with Gasteiger partial charge in [-0.15, -0.1) is 0 Å². The van der Waals surface area contributed by atoms with Crippen molar-refractivity contribution in [1.29, 1.82) is 0 Å². The highest BCUT2D eigenvalue weighted by atomic mass is 19.1. The monoisotopic (exact) mass is 288 g/mol. The molecule has 1 saturated carbocycles. The van der Waals surface area contributed by atoms with Crippen LogP contribution in [-0.4, -0.2) is 9.97 Å². The molecular formula is C15H17FN4O. The second-order valence-electron chi connectivity index (χ2n) is 5.29. The fourth-order valence-corrected chi connectivity index (χ4v) is 2.11. The first kappa shape index (κ1) is 13.8. The number of benzene rings is 1. The molecule has 1 aliphatic rings. The lowest BCUT2D eigenvalue weighted by molar-refractivity contribution is 0.449. The van der Waals surface area contributed by atoms with Crippen molar-refractivity contribution in [3.8, 4) is 11.6 Å². The summed E-state index contributed by atoms with van der Waals surface area (Å²) in [6, 6.07) is 4.39. The largest absolute Gasteiger partial charge is 0.438 e.